The molecule has 0 spiro atoms. The molecule has 20 heavy (non-hydrogen) atoms. The topological polar surface area (TPSA) is 119 Å². The molecule has 0 aliphatic heterocycles. The third-order valence-electron chi connectivity index (χ3n) is 2.61. The molecule has 2 aromatic heterocycles. The lowest BCUT2D eigenvalue weighted by Gasteiger charge is -2.03. The van der Waals surface area contributed by atoms with Crippen LogP contribution >= 0.6 is 11.8 Å². The minimum atomic E-state index is -0.487. The molecule has 1 amide bonds. The average molecular weight is 297 g/mol. The van der Waals surface area contributed by atoms with E-state index in [0.29, 0.717) is 23.0 Å². The Labute approximate surface area is 118 Å². The first-order chi connectivity index (χ1) is 9.67. The number of nitrogens with zero attached hydrogens (tertiary/aromatic N) is 2. The van der Waals surface area contributed by atoms with Crippen molar-refractivity contribution >= 4 is 17.7 Å². The van der Waals surface area contributed by atoms with Crippen molar-refractivity contribution in [2.75, 3.05) is 0 Å². The second kappa shape index (κ2) is 6.44. The zero-order valence-electron chi connectivity index (χ0n) is 10.9. The lowest BCUT2D eigenvalue weighted by Crippen LogP contribution is -2.30. The van der Waals surface area contributed by atoms with Crippen LogP contribution in [0.1, 0.15) is 29.5 Å². The fourth-order valence-electron chi connectivity index (χ4n) is 1.69. The molecule has 2 rings (SSSR count). The number of carbonyl (C=O) groups is 1. The Balaban J connectivity index is 2.11. The van der Waals surface area contributed by atoms with Crippen molar-refractivity contribution in [1.82, 2.24) is 20.2 Å². The third kappa shape index (κ3) is 2.94. The average Bonchev–Trinajstić information content (AvgIpc) is 3.04. The maximum atomic E-state index is 11.5. The van der Waals surface area contributed by atoms with Crippen LogP contribution in [0.25, 0.3) is 0 Å². The van der Waals surface area contributed by atoms with E-state index in [0.717, 1.165) is 6.42 Å². The lowest BCUT2D eigenvalue weighted by molar-refractivity contribution is 0.0925. The number of aromatic nitrogens is 3. The van der Waals surface area contributed by atoms with Gasteiger partial charge in [0.05, 0.1) is 6.26 Å². The first kappa shape index (κ1) is 14.4. The number of thioether (sulfide) groups is 1. The van der Waals surface area contributed by atoms with Crippen molar-refractivity contribution in [2.45, 2.75) is 30.8 Å². The molecule has 0 saturated carbocycles. The third-order valence-corrected chi connectivity index (χ3v) is 3.64. The first-order valence-corrected chi connectivity index (χ1v) is 7.01. The highest BCUT2D eigenvalue weighted by molar-refractivity contribution is 7.98. The van der Waals surface area contributed by atoms with Crippen LogP contribution < -0.4 is 17.0 Å². The number of hydrogen-bond acceptors (Lipinski definition) is 6. The highest BCUT2D eigenvalue weighted by atomic mass is 32.2. The van der Waals surface area contributed by atoms with Gasteiger partial charge in [0.1, 0.15) is 0 Å². The monoisotopic (exact) mass is 297 g/mol. The van der Waals surface area contributed by atoms with Gasteiger partial charge in [-0.3, -0.25) is 14.8 Å². The SMILES string of the molecule is CCCn1c(SCc2ccoc2C(=O)NN)n[nH]c1=O. The molecule has 0 unspecified atom stereocenters. The number of nitrogens with one attached hydrogen (secondary N) is 2. The Kier molecular flexibility index (Phi) is 4.64. The molecule has 8 nitrogen and oxygen atoms in total. The fourth-order valence-corrected chi connectivity index (χ4v) is 2.64. The van der Waals surface area contributed by atoms with Crippen molar-refractivity contribution in [3.63, 3.8) is 0 Å². The summed E-state index contributed by atoms with van der Waals surface area (Å²) in [6.45, 7) is 2.58. The summed E-state index contributed by atoms with van der Waals surface area (Å²) in [5, 5.41) is 6.96. The zero-order valence-corrected chi connectivity index (χ0v) is 11.7. The van der Waals surface area contributed by atoms with Crippen molar-refractivity contribution in [2.24, 2.45) is 5.84 Å². The lowest BCUT2D eigenvalue weighted by atomic mass is 10.3. The van der Waals surface area contributed by atoms with Crippen LogP contribution in [0.5, 0.6) is 0 Å². The number of hydrazine groups is 1. The normalized spacial score (nSPS) is 10.7. The first-order valence-electron chi connectivity index (χ1n) is 6.02. The number of H-pyrrole nitrogens is 1. The van der Waals surface area contributed by atoms with E-state index in [1.807, 2.05) is 12.3 Å². The van der Waals surface area contributed by atoms with E-state index in [9.17, 15) is 9.59 Å². The second-order valence-electron chi connectivity index (χ2n) is 4.00. The molecular formula is C11H15N5O3S. The molecule has 2 heterocycles. The number of furan rings is 1. The summed E-state index contributed by atoms with van der Waals surface area (Å²) in [6.07, 6.45) is 2.25. The molecule has 9 heteroatoms. The quantitative estimate of drug-likeness (QED) is 0.309. The minimum absolute atomic E-state index is 0.167. The van der Waals surface area contributed by atoms with Crippen LogP contribution in [0.15, 0.2) is 26.7 Å². The second-order valence-corrected chi connectivity index (χ2v) is 4.94. The van der Waals surface area contributed by atoms with E-state index in [4.69, 9.17) is 10.3 Å². The number of amides is 1. The van der Waals surface area contributed by atoms with Crippen LogP contribution in [0.2, 0.25) is 0 Å². The number of nitrogens with two attached hydrogens (primary N) is 1. The molecule has 0 aliphatic carbocycles. The predicted molar refractivity (Wildman–Crippen MR) is 73.1 cm³/mol. The highest BCUT2D eigenvalue weighted by Crippen LogP contribution is 2.22. The van der Waals surface area contributed by atoms with Crippen LogP contribution in [-0.4, -0.2) is 20.7 Å². The van der Waals surface area contributed by atoms with Gasteiger partial charge < -0.3 is 4.42 Å². The smallest absolute Gasteiger partial charge is 0.343 e. The highest BCUT2D eigenvalue weighted by Gasteiger charge is 2.16. The summed E-state index contributed by atoms with van der Waals surface area (Å²) in [7, 11) is 0. The number of hydrogen-bond donors (Lipinski definition) is 3. The summed E-state index contributed by atoms with van der Waals surface area (Å²) in [5.41, 5.74) is 2.48. The number of carbonyl (C=O) groups excluding carboxylic acids is 1. The molecule has 0 radical (unpaired) electrons. The van der Waals surface area contributed by atoms with E-state index in [1.54, 1.807) is 10.6 Å². The fraction of sp³-hybridized carbons (Fsp3) is 0.364. The molecule has 0 aliphatic rings. The van der Waals surface area contributed by atoms with Crippen molar-refractivity contribution < 1.29 is 9.21 Å². The van der Waals surface area contributed by atoms with Crippen LogP contribution in [0.4, 0.5) is 0 Å². The van der Waals surface area contributed by atoms with Crippen molar-refractivity contribution in [1.29, 1.82) is 0 Å². The Morgan fingerprint density at radius 3 is 3.15 bits per heavy atom. The van der Waals surface area contributed by atoms with Gasteiger partial charge in [-0.05, 0) is 12.5 Å². The van der Waals surface area contributed by atoms with Gasteiger partial charge in [-0.25, -0.2) is 15.7 Å². The van der Waals surface area contributed by atoms with Crippen LogP contribution in [0, 0.1) is 0 Å². The Bertz CT molecular complexity index is 645. The molecule has 108 valence electrons. The summed E-state index contributed by atoms with van der Waals surface area (Å²) >= 11 is 1.35. The van der Waals surface area contributed by atoms with E-state index in [-0.39, 0.29) is 11.4 Å². The summed E-state index contributed by atoms with van der Waals surface area (Å²) in [4.78, 5) is 23.0. The molecule has 0 fully saturated rings. The van der Waals surface area contributed by atoms with Gasteiger partial charge in [0.25, 0.3) is 0 Å². The van der Waals surface area contributed by atoms with Crippen molar-refractivity contribution in [3.8, 4) is 0 Å². The van der Waals surface area contributed by atoms with E-state index >= 15 is 0 Å². The Hall–Kier alpha value is -2.00. The van der Waals surface area contributed by atoms with Crippen molar-refractivity contribution in [3.05, 3.63) is 34.1 Å². The van der Waals surface area contributed by atoms with E-state index in [2.05, 4.69) is 10.2 Å². The largest absolute Gasteiger partial charge is 0.459 e. The van der Waals surface area contributed by atoms with E-state index < -0.39 is 5.91 Å². The van der Waals surface area contributed by atoms with Gasteiger partial charge in [0, 0.05) is 17.9 Å². The van der Waals surface area contributed by atoms with Crippen LogP contribution in [0.3, 0.4) is 0 Å². The number of nitrogen functional groups attached to an aromatic ring is 1. The van der Waals surface area contributed by atoms with E-state index in [1.165, 1.54) is 18.0 Å². The molecule has 0 atom stereocenters. The van der Waals surface area contributed by atoms with Gasteiger partial charge in [-0.2, -0.15) is 0 Å². The van der Waals surface area contributed by atoms with Gasteiger partial charge in [0.15, 0.2) is 10.9 Å². The molecule has 2 aromatic rings. The number of rotatable bonds is 6. The van der Waals surface area contributed by atoms with Crippen LogP contribution in [-0.2, 0) is 12.3 Å². The molecule has 0 aromatic carbocycles. The zero-order chi connectivity index (χ0) is 14.5. The standard InChI is InChI=1S/C11H15N5O3S/c1-2-4-16-10(18)14-15-11(16)20-6-7-3-5-19-8(7)9(17)13-12/h3,5H,2,4,6,12H2,1H3,(H,13,17)(H,14,18). The number of aromatic amines is 1. The Morgan fingerprint density at radius 1 is 1.65 bits per heavy atom. The minimum Gasteiger partial charge on any atom is -0.459 e. The van der Waals surface area contributed by atoms with Gasteiger partial charge in [-0.15, -0.1) is 5.10 Å². The van der Waals surface area contributed by atoms with Gasteiger partial charge in [0.2, 0.25) is 0 Å². The predicted octanol–water partition coefficient (Wildman–Crippen LogP) is 0.470. The summed E-state index contributed by atoms with van der Waals surface area (Å²) < 4.78 is 6.65. The summed E-state index contributed by atoms with van der Waals surface area (Å²) in [6, 6.07) is 1.69. The van der Waals surface area contributed by atoms with Gasteiger partial charge in [-0.1, -0.05) is 18.7 Å². The molecule has 4 N–H and O–H groups in total. The molecule has 0 saturated heterocycles. The van der Waals surface area contributed by atoms with Gasteiger partial charge >= 0.3 is 11.6 Å². The Morgan fingerprint density at radius 2 is 2.45 bits per heavy atom. The molecular weight excluding hydrogens is 282 g/mol. The summed E-state index contributed by atoms with van der Waals surface area (Å²) in [5.74, 6) is 5.21. The molecule has 0 bridgehead atoms. The maximum absolute atomic E-state index is 11.5. The maximum Gasteiger partial charge on any atom is 0.343 e.